The zero-order valence-electron chi connectivity index (χ0n) is 12.8. The third-order valence-corrected chi connectivity index (χ3v) is 3.59. The van der Waals surface area contributed by atoms with Crippen LogP contribution in [-0.4, -0.2) is 29.6 Å². The highest BCUT2D eigenvalue weighted by Gasteiger charge is 2.18. The summed E-state index contributed by atoms with van der Waals surface area (Å²) in [5, 5.41) is 14.2. The Morgan fingerprint density at radius 1 is 1.25 bits per heavy atom. The highest BCUT2D eigenvalue weighted by atomic mass is 16.5. The van der Waals surface area contributed by atoms with Gasteiger partial charge >= 0.3 is 0 Å². The lowest BCUT2D eigenvalue weighted by Crippen LogP contribution is -2.38. The molecule has 124 valence electrons. The van der Waals surface area contributed by atoms with Gasteiger partial charge in [0.2, 0.25) is 11.8 Å². The minimum atomic E-state index is -0.955. The minimum absolute atomic E-state index is 0.0247. The summed E-state index contributed by atoms with van der Waals surface area (Å²) in [6.45, 7) is -0.414. The van der Waals surface area contributed by atoms with Crippen molar-refractivity contribution in [1.29, 1.82) is 0 Å². The topological polar surface area (TPSA) is 114 Å². The average molecular weight is 327 g/mol. The number of hydrogen-bond acceptors (Lipinski definition) is 5. The Hall–Kier alpha value is -2.90. The Morgan fingerprint density at radius 2 is 1.96 bits per heavy atom. The lowest BCUT2D eigenvalue weighted by molar-refractivity contribution is -0.118. The second-order valence-corrected chi connectivity index (χ2v) is 5.45. The van der Waals surface area contributed by atoms with Gasteiger partial charge in [-0.1, -0.05) is 0 Å². The number of nitrogens with two attached hydrogens (primary N) is 1. The molecule has 1 atom stereocenters. The van der Waals surface area contributed by atoms with E-state index in [2.05, 4.69) is 10.6 Å². The van der Waals surface area contributed by atoms with Crippen molar-refractivity contribution in [1.82, 2.24) is 0 Å². The normalized spacial score (nSPS) is 13.8. The van der Waals surface area contributed by atoms with Gasteiger partial charge in [0, 0.05) is 11.4 Å². The number of nitrogens with one attached hydrogen (secondary N) is 2. The van der Waals surface area contributed by atoms with Crippen molar-refractivity contribution in [3.05, 3.63) is 48.0 Å². The maximum absolute atomic E-state index is 11.6. The van der Waals surface area contributed by atoms with E-state index in [4.69, 9.17) is 15.6 Å². The van der Waals surface area contributed by atoms with E-state index in [0.717, 1.165) is 11.3 Å². The van der Waals surface area contributed by atoms with Crippen LogP contribution in [0.15, 0.2) is 42.5 Å². The molecule has 1 heterocycles. The summed E-state index contributed by atoms with van der Waals surface area (Å²) >= 11 is 0. The fourth-order valence-electron chi connectivity index (χ4n) is 2.33. The van der Waals surface area contributed by atoms with E-state index in [9.17, 15) is 9.59 Å². The molecular formula is C17H17N3O4. The Bertz CT molecular complexity index is 774. The lowest BCUT2D eigenvalue weighted by Gasteiger charge is -2.11. The molecule has 0 fully saturated rings. The van der Waals surface area contributed by atoms with E-state index in [1.165, 1.54) is 0 Å². The van der Waals surface area contributed by atoms with Gasteiger partial charge in [-0.2, -0.15) is 0 Å². The molecule has 1 aliphatic heterocycles. The predicted molar refractivity (Wildman–Crippen MR) is 89.0 cm³/mol. The summed E-state index contributed by atoms with van der Waals surface area (Å²) in [4.78, 5) is 22.9. The Morgan fingerprint density at radius 3 is 2.67 bits per heavy atom. The summed E-state index contributed by atoms with van der Waals surface area (Å²) in [7, 11) is 0. The standard InChI is InChI=1S/C17H17N3O4/c18-14(9-21)17(23)19-11-1-3-12(4-2-11)24-13-5-6-15-10(7-13)8-16(22)20-15/h1-7,14,21H,8-9,18H2,(H,19,23)(H,20,22)/t14-/m0/s1. The van der Waals surface area contributed by atoms with Gasteiger partial charge < -0.3 is 26.2 Å². The van der Waals surface area contributed by atoms with Gasteiger partial charge in [-0.25, -0.2) is 0 Å². The smallest absolute Gasteiger partial charge is 0.243 e. The number of aliphatic hydroxyl groups is 1. The number of aliphatic hydroxyl groups excluding tert-OH is 1. The first-order valence-corrected chi connectivity index (χ1v) is 7.43. The molecule has 0 spiro atoms. The fourth-order valence-corrected chi connectivity index (χ4v) is 2.33. The molecule has 2 aromatic carbocycles. The van der Waals surface area contributed by atoms with Crippen molar-refractivity contribution in [2.24, 2.45) is 5.73 Å². The van der Waals surface area contributed by atoms with Gasteiger partial charge in [0.25, 0.3) is 0 Å². The van der Waals surface area contributed by atoms with Crippen LogP contribution in [0, 0.1) is 0 Å². The molecular weight excluding hydrogens is 310 g/mol. The maximum Gasteiger partial charge on any atom is 0.243 e. The van der Waals surface area contributed by atoms with Crippen LogP contribution in [0.4, 0.5) is 11.4 Å². The number of benzene rings is 2. The maximum atomic E-state index is 11.6. The third-order valence-electron chi connectivity index (χ3n) is 3.59. The number of carbonyl (C=O) groups is 2. The van der Waals surface area contributed by atoms with Crippen molar-refractivity contribution in [3.8, 4) is 11.5 Å². The quantitative estimate of drug-likeness (QED) is 0.659. The first-order chi connectivity index (χ1) is 11.5. The number of amides is 2. The summed E-state index contributed by atoms with van der Waals surface area (Å²) < 4.78 is 5.75. The molecule has 7 nitrogen and oxygen atoms in total. The first-order valence-electron chi connectivity index (χ1n) is 7.43. The van der Waals surface area contributed by atoms with Crippen molar-refractivity contribution in [3.63, 3.8) is 0 Å². The molecule has 24 heavy (non-hydrogen) atoms. The molecule has 0 saturated carbocycles. The van der Waals surface area contributed by atoms with E-state index in [1.54, 1.807) is 36.4 Å². The summed E-state index contributed by atoms with van der Waals surface area (Å²) in [5.41, 5.74) is 7.70. The first kappa shape index (κ1) is 16.0. The second kappa shape index (κ2) is 6.69. The van der Waals surface area contributed by atoms with Crippen LogP contribution in [0.3, 0.4) is 0 Å². The van der Waals surface area contributed by atoms with Crippen molar-refractivity contribution in [2.45, 2.75) is 12.5 Å². The molecule has 0 aliphatic carbocycles. The Kier molecular flexibility index (Phi) is 4.45. The molecule has 0 aromatic heterocycles. The van der Waals surface area contributed by atoms with E-state index in [-0.39, 0.29) is 5.91 Å². The van der Waals surface area contributed by atoms with Crippen molar-refractivity contribution in [2.75, 3.05) is 17.2 Å². The number of carbonyl (C=O) groups excluding carboxylic acids is 2. The number of ether oxygens (including phenoxy) is 1. The van der Waals surface area contributed by atoms with Crippen molar-refractivity contribution < 1.29 is 19.4 Å². The molecule has 5 N–H and O–H groups in total. The highest BCUT2D eigenvalue weighted by Crippen LogP contribution is 2.30. The van der Waals surface area contributed by atoms with E-state index >= 15 is 0 Å². The monoisotopic (exact) mass is 327 g/mol. The highest BCUT2D eigenvalue weighted by molar-refractivity contribution is 5.99. The molecule has 0 radical (unpaired) electrons. The molecule has 2 aromatic rings. The summed E-state index contributed by atoms with van der Waals surface area (Å²) in [5.74, 6) is 0.742. The SMILES string of the molecule is N[C@@H](CO)C(=O)Nc1ccc(Oc2ccc3c(c2)CC(=O)N3)cc1. The van der Waals surface area contributed by atoms with Gasteiger partial charge in [0.05, 0.1) is 13.0 Å². The van der Waals surface area contributed by atoms with Crippen LogP contribution in [-0.2, 0) is 16.0 Å². The molecule has 0 unspecified atom stereocenters. The van der Waals surface area contributed by atoms with Gasteiger partial charge in [-0.15, -0.1) is 0 Å². The van der Waals surface area contributed by atoms with Crippen LogP contribution < -0.4 is 21.1 Å². The number of fused-ring (bicyclic) bond motifs is 1. The third kappa shape index (κ3) is 3.53. The van der Waals surface area contributed by atoms with E-state index < -0.39 is 18.6 Å². The molecule has 7 heteroatoms. The molecule has 0 bridgehead atoms. The Balaban J connectivity index is 1.65. The van der Waals surface area contributed by atoms with Gasteiger partial charge in [0.15, 0.2) is 0 Å². The van der Waals surface area contributed by atoms with Crippen LogP contribution in [0.1, 0.15) is 5.56 Å². The van der Waals surface area contributed by atoms with Gasteiger partial charge in [0.1, 0.15) is 17.5 Å². The summed E-state index contributed by atoms with van der Waals surface area (Å²) in [6, 6.07) is 11.2. The van der Waals surface area contributed by atoms with Crippen LogP contribution >= 0.6 is 0 Å². The number of anilines is 2. The Labute approximate surface area is 138 Å². The van der Waals surface area contributed by atoms with Crippen LogP contribution in [0.2, 0.25) is 0 Å². The predicted octanol–water partition coefficient (Wildman–Crippen LogP) is 1.23. The number of hydrogen-bond donors (Lipinski definition) is 4. The zero-order valence-corrected chi connectivity index (χ0v) is 12.8. The van der Waals surface area contributed by atoms with E-state index in [0.29, 0.717) is 23.6 Å². The van der Waals surface area contributed by atoms with Gasteiger partial charge in [-0.05, 0) is 48.0 Å². The molecule has 2 amide bonds. The minimum Gasteiger partial charge on any atom is -0.457 e. The largest absolute Gasteiger partial charge is 0.457 e. The number of rotatable bonds is 5. The van der Waals surface area contributed by atoms with Crippen LogP contribution in [0.25, 0.3) is 0 Å². The molecule has 1 aliphatic rings. The molecule has 0 saturated heterocycles. The summed E-state index contributed by atoms with van der Waals surface area (Å²) in [6.07, 6.45) is 0.350. The second-order valence-electron chi connectivity index (χ2n) is 5.45. The zero-order chi connectivity index (χ0) is 17.1. The van der Waals surface area contributed by atoms with E-state index in [1.807, 2.05) is 6.07 Å². The van der Waals surface area contributed by atoms with Crippen molar-refractivity contribution >= 4 is 23.2 Å². The van der Waals surface area contributed by atoms with Gasteiger partial charge in [-0.3, -0.25) is 9.59 Å². The lowest BCUT2D eigenvalue weighted by atomic mass is 10.1. The fraction of sp³-hybridized carbons (Fsp3) is 0.176. The van der Waals surface area contributed by atoms with Crippen LogP contribution in [0.5, 0.6) is 11.5 Å². The average Bonchev–Trinajstić information content (AvgIpc) is 2.95. The molecule has 3 rings (SSSR count).